The molecule has 6 nitrogen and oxygen atoms in total. The van der Waals surface area contributed by atoms with Crippen LogP contribution in [0.25, 0.3) is 0 Å². The van der Waals surface area contributed by atoms with E-state index < -0.39 is 0 Å². The van der Waals surface area contributed by atoms with Gasteiger partial charge in [0, 0.05) is 25.9 Å². The summed E-state index contributed by atoms with van der Waals surface area (Å²) in [4.78, 5) is 21.5. The van der Waals surface area contributed by atoms with E-state index in [-0.39, 0.29) is 12.0 Å². The van der Waals surface area contributed by atoms with Crippen LogP contribution in [0.5, 0.6) is 5.75 Å². The van der Waals surface area contributed by atoms with Crippen LogP contribution in [-0.4, -0.2) is 54.7 Å². The maximum Gasteiger partial charge on any atom is 0.241 e. The van der Waals surface area contributed by atoms with Gasteiger partial charge in [-0.1, -0.05) is 18.2 Å². The van der Waals surface area contributed by atoms with E-state index in [1.165, 1.54) is 0 Å². The normalized spacial score (nSPS) is 19.0. The average Bonchev–Trinajstić information content (AvgIpc) is 3.21. The summed E-state index contributed by atoms with van der Waals surface area (Å²) in [6.07, 6.45) is 4.12. The predicted molar refractivity (Wildman–Crippen MR) is 103 cm³/mol. The van der Waals surface area contributed by atoms with Crippen molar-refractivity contribution < 1.29 is 14.3 Å². The van der Waals surface area contributed by atoms with Gasteiger partial charge >= 0.3 is 0 Å². The monoisotopic (exact) mass is 367 g/mol. The summed E-state index contributed by atoms with van der Waals surface area (Å²) in [5, 5.41) is 0. The number of amides is 1. The van der Waals surface area contributed by atoms with E-state index in [0.29, 0.717) is 26.2 Å². The van der Waals surface area contributed by atoms with Gasteiger partial charge in [0.25, 0.3) is 0 Å². The number of aromatic nitrogens is 1. The number of carbonyl (C=O) groups is 1. The first kappa shape index (κ1) is 17.9. The number of benzene rings is 1. The molecule has 1 amide bonds. The fraction of sp³-hybridized carbons (Fsp3) is 0.429. The van der Waals surface area contributed by atoms with Gasteiger partial charge in [0.2, 0.25) is 5.91 Å². The van der Waals surface area contributed by atoms with Crippen LogP contribution in [0, 0.1) is 0 Å². The van der Waals surface area contributed by atoms with Crippen molar-refractivity contribution in [1.82, 2.24) is 9.88 Å². The first-order chi connectivity index (χ1) is 13.3. The van der Waals surface area contributed by atoms with E-state index in [2.05, 4.69) is 9.88 Å². The summed E-state index contributed by atoms with van der Waals surface area (Å²) in [7, 11) is 0. The highest BCUT2D eigenvalue weighted by Crippen LogP contribution is 2.31. The average molecular weight is 367 g/mol. The summed E-state index contributed by atoms with van der Waals surface area (Å²) >= 11 is 0. The van der Waals surface area contributed by atoms with Gasteiger partial charge in [-0.25, -0.2) is 0 Å². The van der Waals surface area contributed by atoms with Crippen molar-refractivity contribution in [1.29, 1.82) is 0 Å². The molecule has 0 spiro atoms. The molecular weight excluding hydrogens is 342 g/mol. The van der Waals surface area contributed by atoms with E-state index in [1.54, 1.807) is 6.20 Å². The molecule has 3 heterocycles. The van der Waals surface area contributed by atoms with Gasteiger partial charge in [-0.3, -0.25) is 14.7 Å². The fourth-order valence-corrected chi connectivity index (χ4v) is 3.69. The second-order valence-electron chi connectivity index (χ2n) is 6.99. The minimum Gasteiger partial charge on any atom is -0.490 e. The zero-order valence-corrected chi connectivity index (χ0v) is 15.4. The Morgan fingerprint density at radius 1 is 1.19 bits per heavy atom. The first-order valence-electron chi connectivity index (χ1n) is 9.55. The predicted octanol–water partition coefficient (Wildman–Crippen LogP) is 2.49. The Morgan fingerprint density at radius 2 is 2.07 bits per heavy atom. The molecule has 6 heteroatoms. The van der Waals surface area contributed by atoms with Gasteiger partial charge in [-0.2, -0.15) is 0 Å². The molecule has 0 bridgehead atoms. The molecule has 2 aliphatic heterocycles. The smallest absolute Gasteiger partial charge is 0.241 e. The highest BCUT2D eigenvalue weighted by molar-refractivity contribution is 5.96. The summed E-state index contributed by atoms with van der Waals surface area (Å²) in [5.74, 6) is 0.854. The van der Waals surface area contributed by atoms with Gasteiger partial charge in [0.1, 0.15) is 12.4 Å². The molecule has 1 saturated heterocycles. The third-order valence-electron chi connectivity index (χ3n) is 4.99. The molecule has 2 aromatic rings. The van der Waals surface area contributed by atoms with Crippen molar-refractivity contribution in [2.75, 3.05) is 37.7 Å². The van der Waals surface area contributed by atoms with Gasteiger partial charge in [-0.15, -0.1) is 0 Å². The molecule has 1 fully saturated rings. The van der Waals surface area contributed by atoms with Crippen molar-refractivity contribution >= 4 is 11.6 Å². The number of hydrogen-bond donors (Lipinski definition) is 0. The third kappa shape index (κ3) is 4.46. The second-order valence-corrected chi connectivity index (χ2v) is 6.99. The fourth-order valence-electron chi connectivity index (χ4n) is 3.69. The molecule has 142 valence electrons. The van der Waals surface area contributed by atoms with E-state index in [9.17, 15) is 4.79 Å². The molecule has 0 saturated carbocycles. The lowest BCUT2D eigenvalue weighted by atomic mass is 10.2. The molecule has 4 rings (SSSR count). The van der Waals surface area contributed by atoms with Crippen molar-refractivity contribution in [2.45, 2.75) is 25.5 Å². The molecule has 1 aromatic carbocycles. The number of nitrogens with zero attached hydrogens (tertiary/aromatic N) is 3. The van der Waals surface area contributed by atoms with Gasteiger partial charge in [-0.05, 0) is 37.1 Å². The van der Waals surface area contributed by atoms with Crippen molar-refractivity contribution in [3.8, 4) is 5.75 Å². The molecule has 1 atom stereocenters. The molecular formula is C21H25N3O3. The van der Waals surface area contributed by atoms with E-state index in [0.717, 1.165) is 43.1 Å². The minimum absolute atomic E-state index is 0.0830. The summed E-state index contributed by atoms with van der Waals surface area (Å²) < 4.78 is 11.5. The van der Waals surface area contributed by atoms with E-state index in [4.69, 9.17) is 9.47 Å². The Bertz CT molecular complexity index is 762. The molecule has 0 N–H and O–H groups in total. The Hall–Kier alpha value is -2.44. The van der Waals surface area contributed by atoms with Gasteiger partial charge in [0.15, 0.2) is 0 Å². The van der Waals surface area contributed by atoms with Gasteiger partial charge < -0.3 is 14.4 Å². The number of fused-ring (bicyclic) bond motifs is 1. The topological polar surface area (TPSA) is 54.9 Å². The molecule has 2 aliphatic rings. The lowest BCUT2D eigenvalue weighted by Gasteiger charge is -2.32. The Labute approximate surface area is 159 Å². The quantitative estimate of drug-likeness (QED) is 0.785. The Kier molecular flexibility index (Phi) is 5.65. The van der Waals surface area contributed by atoms with Crippen LogP contribution in [0.15, 0.2) is 48.7 Å². The number of pyridine rings is 1. The van der Waals surface area contributed by atoms with E-state index in [1.807, 2.05) is 47.4 Å². The maximum atomic E-state index is 13.1. The van der Waals surface area contributed by atoms with Gasteiger partial charge in [0.05, 0.1) is 30.6 Å². The zero-order chi connectivity index (χ0) is 18.5. The van der Waals surface area contributed by atoms with Crippen LogP contribution in [-0.2, 0) is 16.1 Å². The Balaban J connectivity index is 1.47. The SMILES string of the molecule is O=C(CN(Cc1ccccn1)CC1CCCO1)N1CCOc2ccccc21. The summed E-state index contributed by atoms with van der Waals surface area (Å²) in [5.41, 5.74) is 1.81. The van der Waals surface area contributed by atoms with Crippen LogP contribution >= 0.6 is 0 Å². The van der Waals surface area contributed by atoms with Crippen LogP contribution < -0.4 is 9.64 Å². The minimum atomic E-state index is 0.0830. The molecule has 1 aromatic heterocycles. The number of hydrogen-bond acceptors (Lipinski definition) is 5. The summed E-state index contributed by atoms with van der Waals surface area (Å²) in [6, 6.07) is 13.6. The Morgan fingerprint density at radius 3 is 2.89 bits per heavy atom. The lowest BCUT2D eigenvalue weighted by Crippen LogP contribution is -2.45. The standard InChI is InChI=1S/C21H25N3O3/c25-21(24-11-13-27-20-9-2-1-8-19(20)24)16-23(15-18-7-5-12-26-18)14-17-6-3-4-10-22-17/h1-4,6,8-10,18H,5,7,11-16H2. The largest absolute Gasteiger partial charge is 0.490 e. The molecule has 1 unspecified atom stereocenters. The number of ether oxygens (including phenoxy) is 2. The van der Waals surface area contributed by atoms with Crippen molar-refractivity contribution in [3.05, 3.63) is 54.4 Å². The molecule has 0 radical (unpaired) electrons. The molecule has 0 aliphatic carbocycles. The third-order valence-corrected chi connectivity index (χ3v) is 4.99. The van der Waals surface area contributed by atoms with Crippen molar-refractivity contribution in [3.63, 3.8) is 0 Å². The first-order valence-corrected chi connectivity index (χ1v) is 9.55. The van der Waals surface area contributed by atoms with E-state index >= 15 is 0 Å². The number of para-hydroxylation sites is 2. The van der Waals surface area contributed by atoms with Crippen molar-refractivity contribution in [2.24, 2.45) is 0 Å². The van der Waals surface area contributed by atoms with Crippen LogP contribution in [0.2, 0.25) is 0 Å². The van der Waals surface area contributed by atoms with Crippen LogP contribution in [0.3, 0.4) is 0 Å². The highest BCUT2D eigenvalue weighted by Gasteiger charge is 2.27. The zero-order valence-electron chi connectivity index (χ0n) is 15.4. The number of rotatable bonds is 6. The number of anilines is 1. The molecule has 27 heavy (non-hydrogen) atoms. The lowest BCUT2D eigenvalue weighted by molar-refractivity contribution is -0.120. The number of carbonyl (C=O) groups excluding carboxylic acids is 1. The summed E-state index contributed by atoms with van der Waals surface area (Å²) in [6.45, 7) is 3.63. The van der Waals surface area contributed by atoms with Crippen LogP contribution in [0.1, 0.15) is 18.5 Å². The second kappa shape index (κ2) is 8.50. The maximum absolute atomic E-state index is 13.1. The van der Waals surface area contributed by atoms with Crippen LogP contribution in [0.4, 0.5) is 5.69 Å². The highest BCUT2D eigenvalue weighted by atomic mass is 16.5.